The molecule has 0 saturated heterocycles. The van der Waals surface area contributed by atoms with Gasteiger partial charge in [-0.25, -0.2) is 9.67 Å². The third kappa shape index (κ3) is 1.70. The van der Waals surface area contributed by atoms with Crippen LogP contribution < -0.4 is 5.56 Å². The fourth-order valence-corrected chi connectivity index (χ4v) is 1.38. The average Bonchev–Trinajstić information content (AvgIpc) is 2.81. The van der Waals surface area contributed by atoms with Crippen LogP contribution in [0.3, 0.4) is 0 Å². The fraction of sp³-hybridized carbons (Fsp3) is 0.200. The molecule has 1 atom stereocenters. The van der Waals surface area contributed by atoms with E-state index >= 15 is 0 Å². The molecule has 16 heavy (non-hydrogen) atoms. The van der Waals surface area contributed by atoms with Crippen molar-refractivity contribution in [2.75, 3.05) is 0 Å². The van der Waals surface area contributed by atoms with E-state index in [2.05, 4.69) is 15.1 Å². The molecule has 0 fully saturated rings. The zero-order chi connectivity index (χ0) is 11.5. The van der Waals surface area contributed by atoms with Gasteiger partial charge in [-0.15, -0.1) is 0 Å². The van der Waals surface area contributed by atoms with Gasteiger partial charge in [-0.3, -0.25) is 4.79 Å². The van der Waals surface area contributed by atoms with Crippen LogP contribution in [0.5, 0.6) is 0 Å². The first-order valence-electron chi connectivity index (χ1n) is 4.70. The minimum atomic E-state index is -0.382. The SMILES string of the molecule is C[C@H](c1ccc(C#N)c(=O)[nH]1)n1cncn1. The molecule has 0 aliphatic carbocycles. The molecule has 0 spiro atoms. The molecule has 0 unspecified atom stereocenters. The molecule has 2 rings (SSSR count). The summed E-state index contributed by atoms with van der Waals surface area (Å²) in [4.78, 5) is 17.9. The van der Waals surface area contributed by atoms with Gasteiger partial charge in [0.1, 0.15) is 24.3 Å². The monoisotopic (exact) mass is 215 g/mol. The van der Waals surface area contributed by atoms with Gasteiger partial charge in [-0.2, -0.15) is 10.4 Å². The van der Waals surface area contributed by atoms with Gasteiger partial charge in [0, 0.05) is 5.69 Å². The highest BCUT2D eigenvalue weighted by Gasteiger charge is 2.10. The lowest BCUT2D eigenvalue weighted by Crippen LogP contribution is -2.17. The van der Waals surface area contributed by atoms with Crippen molar-refractivity contribution in [1.82, 2.24) is 19.7 Å². The number of aromatic nitrogens is 4. The Balaban J connectivity index is 2.40. The van der Waals surface area contributed by atoms with Gasteiger partial charge in [0.15, 0.2) is 0 Å². The topological polar surface area (TPSA) is 87.4 Å². The largest absolute Gasteiger partial charge is 0.323 e. The fourth-order valence-electron chi connectivity index (χ4n) is 1.38. The molecule has 80 valence electrons. The second-order valence-electron chi connectivity index (χ2n) is 3.32. The first-order chi connectivity index (χ1) is 7.72. The molecule has 0 radical (unpaired) electrons. The first kappa shape index (κ1) is 10.1. The molecule has 6 heteroatoms. The number of hydrogen-bond acceptors (Lipinski definition) is 4. The molecule has 0 aliphatic rings. The normalized spacial score (nSPS) is 12.0. The molecule has 1 N–H and O–H groups in total. The van der Waals surface area contributed by atoms with E-state index in [1.807, 2.05) is 13.0 Å². The summed E-state index contributed by atoms with van der Waals surface area (Å²) in [5, 5.41) is 12.6. The predicted molar refractivity (Wildman–Crippen MR) is 55.6 cm³/mol. The predicted octanol–water partition coefficient (Wildman–Crippen LogP) is 0.447. The van der Waals surface area contributed by atoms with E-state index in [9.17, 15) is 4.79 Å². The van der Waals surface area contributed by atoms with Gasteiger partial charge in [-0.1, -0.05) is 0 Å². The van der Waals surface area contributed by atoms with Gasteiger partial charge in [-0.05, 0) is 19.1 Å². The third-order valence-electron chi connectivity index (χ3n) is 2.34. The van der Waals surface area contributed by atoms with Crippen LogP contribution in [0, 0.1) is 11.3 Å². The number of H-pyrrole nitrogens is 1. The number of nitrogens with one attached hydrogen (secondary N) is 1. The lowest BCUT2D eigenvalue weighted by molar-refractivity contribution is 0.548. The molecule has 2 aromatic rings. The van der Waals surface area contributed by atoms with Crippen LogP contribution in [-0.4, -0.2) is 19.7 Å². The van der Waals surface area contributed by atoms with Crippen molar-refractivity contribution >= 4 is 0 Å². The van der Waals surface area contributed by atoms with E-state index < -0.39 is 0 Å². The summed E-state index contributed by atoms with van der Waals surface area (Å²) < 4.78 is 1.62. The van der Waals surface area contributed by atoms with Crippen LogP contribution in [-0.2, 0) is 0 Å². The molecule has 0 amide bonds. The summed E-state index contributed by atoms with van der Waals surface area (Å²) >= 11 is 0. The van der Waals surface area contributed by atoms with Gasteiger partial charge in [0.2, 0.25) is 0 Å². The number of nitrogens with zero attached hydrogens (tertiary/aromatic N) is 4. The summed E-state index contributed by atoms with van der Waals surface area (Å²) in [6.45, 7) is 1.88. The molecular weight excluding hydrogens is 206 g/mol. The molecule has 2 heterocycles. The van der Waals surface area contributed by atoms with Gasteiger partial charge < -0.3 is 4.98 Å². The van der Waals surface area contributed by atoms with E-state index in [1.54, 1.807) is 17.1 Å². The molecule has 2 aromatic heterocycles. The van der Waals surface area contributed by atoms with Gasteiger partial charge in [0.05, 0.1) is 6.04 Å². The zero-order valence-corrected chi connectivity index (χ0v) is 8.58. The summed E-state index contributed by atoms with van der Waals surface area (Å²) in [6.07, 6.45) is 3.00. The summed E-state index contributed by atoms with van der Waals surface area (Å²) in [7, 11) is 0. The van der Waals surface area contributed by atoms with Crippen molar-refractivity contribution < 1.29 is 0 Å². The molecule has 6 nitrogen and oxygen atoms in total. The Hall–Kier alpha value is -2.42. The molecule has 0 aromatic carbocycles. The number of nitriles is 1. The van der Waals surface area contributed by atoms with Crippen molar-refractivity contribution in [2.45, 2.75) is 13.0 Å². The highest BCUT2D eigenvalue weighted by Crippen LogP contribution is 2.11. The standard InChI is InChI=1S/C10H9N5O/c1-7(15-6-12-5-13-15)9-3-2-8(4-11)10(16)14-9/h2-3,5-7H,1H3,(H,14,16)/t7-/m1/s1. The Morgan fingerprint density at radius 2 is 2.38 bits per heavy atom. The Kier molecular flexibility index (Phi) is 2.52. The Morgan fingerprint density at radius 3 is 2.94 bits per heavy atom. The number of rotatable bonds is 2. The highest BCUT2D eigenvalue weighted by atomic mass is 16.1. The van der Waals surface area contributed by atoms with E-state index in [4.69, 9.17) is 5.26 Å². The Labute approximate surface area is 91.2 Å². The van der Waals surface area contributed by atoms with Gasteiger partial charge in [0.25, 0.3) is 5.56 Å². The average molecular weight is 215 g/mol. The zero-order valence-electron chi connectivity index (χ0n) is 8.58. The highest BCUT2D eigenvalue weighted by molar-refractivity contribution is 5.27. The Bertz CT molecular complexity index is 578. The second kappa shape index (κ2) is 3.98. The minimum Gasteiger partial charge on any atom is -0.323 e. The van der Waals surface area contributed by atoms with Crippen molar-refractivity contribution in [3.63, 3.8) is 0 Å². The quantitative estimate of drug-likeness (QED) is 0.787. The van der Waals surface area contributed by atoms with Crippen LogP contribution in [0.15, 0.2) is 29.6 Å². The van der Waals surface area contributed by atoms with Crippen molar-refractivity contribution in [1.29, 1.82) is 5.26 Å². The van der Waals surface area contributed by atoms with Crippen LogP contribution in [0.25, 0.3) is 0 Å². The smallest absolute Gasteiger partial charge is 0.266 e. The van der Waals surface area contributed by atoms with E-state index in [-0.39, 0.29) is 17.2 Å². The molecule has 0 saturated carbocycles. The van der Waals surface area contributed by atoms with Gasteiger partial charge >= 0.3 is 0 Å². The van der Waals surface area contributed by atoms with Crippen molar-refractivity contribution in [2.24, 2.45) is 0 Å². The second-order valence-corrected chi connectivity index (χ2v) is 3.32. The summed E-state index contributed by atoms with van der Waals surface area (Å²) in [5.74, 6) is 0. The van der Waals surface area contributed by atoms with E-state index in [1.165, 1.54) is 12.4 Å². The van der Waals surface area contributed by atoms with Crippen LogP contribution in [0.1, 0.15) is 24.2 Å². The molecule has 0 aliphatic heterocycles. The van der Waals surface area contributed by atoms with Crippen molar-refractivity contribution in [3.05, 3.63) is 46.4 Å². The maximum atomic E-state index is 11.4. The summed E-state index contributed by atoms with van der Waals surface area (Å²) in [6, 6.07) is 4.90. The number of hydrogen-bond donors (Lipinski definition) is 1. The Morgan fingerprint density at radius 1 is 1.56 bits per heavy atom. The lowest BCUT2D eigenvalue weighted by Gasteiger charge is -2.10. The van der Waals surface area contributed by atoms with Crippen molar-refractivity contribution in [3.8, 4) is 6.07 Å². The van der Waals surface area contributed by atoms with Crippen LogP contribution in [0.4, 0.5) is 0 Å². The first-order valence-corrected chi connectivity index (χ1v) is 4.70. The molecule has 0 bridgehead atoms. The van der Waals surface area contributed by atoms with E-state index in [0.717, 1.165) is 0 Å². The van der Waals surface area contributed by atoms with Crippen LogP contribution >= 0.6 is 0 Å². The van der Waals surface area contributed by atoms with E-state index in [0.29, 0.717) is 5.69 Å². The minimum absolute atomic E-state index is 0.106. The summed E-state index contributed by atoms with van der Waals surface area (Å²) in [5.41, 5.74) is 0.413. The van der Waals surface area contributed by atoms with Crippen LogP contribution in [0.2, 0.25) is 0 Å². The number of aromatic amines is 1. The maximum Gasteiger partial charge on any atom is 0.266 e. The molecular formula is C10H9N5O. The lowest BCUT2D eigenvalue weighted by atomic mass is 10.2. The third-order valence-corrected chi connectivity index (χ3v) is 2.34. The maximum absolute atomic E-state index is 11.4. The number of pyridine rings is 1.